The molecule has 0 radical (unpaired) electrons. The molecule has 1 fully saturated rings. The van der Waals surface area contributed by atoms with Gasteiger partial charge >= 0.3 is 0 Å². The Morgan fingerprint density at radius 2 is 1.72 bits per heavy atom. The van der Waals surface area contributed by atoms with Crippen LogP contribution in [-0.4, -0.2) is 41.9 Å². The number of carbonyl (C=O) groups is 1. The van der Waals surface area contributed by atoms with Crippen molar-refractivity contribution in [3.63, 3.8) is 0 Å². The van der Waals surface area contributed by atoms with Gasteiger partial charge in [-0.1, -0.05) is 56.3 Å². The van der Waals surface area contributed by atoms with Crippen molar-refractivity contribution in [3.05, 3.63) is 77.5 Å². The van der Waals surface area contributed by atoms with Crippen LogP contribution >= 0.6 is 0 Å². The second-order valence-corrected chi connectivity index (χ2v) is 7.64. The van der Waals surface area contributed by atoms with E-state index >= 15 is 0 Å². The van der Waals surface area contributed by atoms with Crippen molar-refractivity contribution in [2.24, 2.45) is 0 Å². The van der Waals surface area contributed by atoms with Crippen molar-refractivity contribution in [3.8, 4) is 6.07 Å². The summed E-state index contributed by atoms with van der Waals surface area (Å²) in [6.45, 7) is 8.06. The maximum atomic E-state index is 12.7. The van der Waals surface area contributed by atoms with E-state index in [0.29, 0.717) is 19.0 Å². The van der Waals surface area contributed by atoms with E-state index in [2.05, 4.69) is 48.3 Å². The topological polar surface area (TPSA) is 59.4 Å². The van der Waals surface area contributed by atoms with Crippen LogP contribution in [0.25, 0.3) is 0 Å². The average Bonchev–Trinajstić information content (AvgIpc) is 2.75. The predicted molar refractivity (Wildman–Crippen MR) is 116 cm³/mol. The molecule has 1 N–H and O–H groups in total. The standard InChI is InChI=1S/C24H28N4O/c1-19(2)21-8-10-23(11-9-21)26-17-22(16-25)24(29)28-14-12-27(13-15-28)18-20-6-4-3-5-7-20/h3-11,17,19,26H,12-15,18H2,1-2H3/b22-17-. The number of anilines is 1. The number of nitrogens with one attached hydrogen (secondary N) is 1. The summed E-state index contributed by atoms with van der Waals surface area (Å²) in [5.74, 6) is 0.259. The van der Waals surface area contributed by atoms with Gasteiger partial charge in [-0.15, -0.1) is 0 Å². The Labute approximate surface area is 173 Å². The quantitative estimate of drug-likeness (QED) is 0.601. The molecule has 1 aliphatic rings. The predicted octanol–water partition coefficient (Wildman–Crippen LogP) is 3.97. The first-order valence-corrected chi connectivity index (χ1v) is 10.1. The van der Waals surface area contributed by atoms with Gasteiger partial charge in [0, 0.05) is 44.6 Å². The molecule has 29 heavy (non-hydrogen) atoms. The van der Waals surface area contributed by atoms with Crippen molar-refractivity contribution < 1.29 is 4.79 Å². The molecule has 5 nitrogen and oxygen atoms in total. The molecular weight excluding hydrogens is 360 g/mol. The molecule has 1 amide bonds. The Balaban J connectivity index is 1.54. The zero-order valence-electron chi connectivity index (χ0n) is 17.1. The van der Waals surface area contributed by atoms with Crippen LogP contribution in [0, 0.1) is 11.3 Å². The van der Waals surface area contributed by atoms with Gasteiger partial charge in [0.2, 0.25) is 0 Å². The number of hydrogen-bond donors (Lipinski definition) is 1. The Bertz CT molecular complexity index is 873. The van der Waals surface area contributed by atoms with E-state index in [1.807, 2.05) is 36.4 Å². The van der Waals surface area contributed by atoms with Crippen LogP contribution in [0.3, 0.4) is 0 Å². The van der Waals surface area contributed by atoms with Gasteiger partial charge in [0.1, 0.15) is 11.6 Å². The molecule has 2 aromatic carbocycles. The molecule has 0 unspecified atom stereocenters. The van der Waals surface area contributed by atoms with Gasteiger partial charge in [0.15, 0.2) is 0 Å². The maximum Gasteiger partial charge on any atom is 0.266 e. The monoisotopic (exact) mass is 388 g/mol. The van der Waals surface area contributed by atoms with E-state index < -0.39 is 0 Å². The molecule has 150 valence electrons. The molecule has 2 aromatic rings. The third kappa shape index (κ3) is 5.69. The molecule has 0 atom stereocenters. The summed E-state index contributed by atoms with van der Waals surface area (Å²) in [6, 6.07) is 20.4. The smallest absolute Gasteiger partial charge is 0.266 e. The summed E-state index contributed by atoms with van der Waals surface area (Å²) in [5, 5.41) is 12.5. The molecule has 5 heteroatoms. The van der Waals surface area contributed by atoms with Gasteiger partial charge in [-0.25, -0.2) is 0 Å². The number of nitriles is 1. The molecule has 1 saturated heterocycles. The zero-order chi connectivity index (χ0) is 20.6. The van der Waals surface area contributed by atoms with Crippen LogP contribution in [0.5, 0.6) is 0 Å². The molecule has 0 bridgehead atoms. The van der Waals surface area contributed by atoms with Gasteiger partial charge in [-0.3, -0.25) is 9.69 Å². The van der Waals surface area contributed by atoms with E-state index in [4.69, 9.17) is 0 Å². The van der Waals surface area contributed by atoms with E-state index in [-0.39, 0.29) is 11.5 Å². The lowest BCUT2D eigenvalue weighted by Gasteiger charge is -2.34. The van der Waals surface area contributed by atoms with Gasteiger partial charge in [0.05, 0.1) is 0 Å². The summed E-state index contributed by atoms with van der Waals surface area (Å²) in [4.78, 5) is 16.8. The fourth-order valence-electron chi connectivity index (χ4n) is 3.38. The number of hydrogen-bond acceptors (Lipinski definition) is 4. The molecule has 0 aromatic heterocycles. The van der Waals surface area contributed by atoms with Crippen molar-refractivity contribution in [1.82, 2.24) is 9.80 Å². The highest BCUT2D eigenvalue weighted by Gasteiger charge is 2.23. The number of carbonyl (C=O) groups excluding carboxylic acids is 1. The van der Waals surface area contributed by atoms with E-state index in [0.717, 1.165) is 25.3 Å². The lowest BCUT2D eigenvalue weighted by Crippen LogP contribution is -2.48. The molecule has 3 rings (SSSR count). The average molecular weight is 389 g/mol. The Morgan fingerprint density at radius 3 is 2.31 bits per heavy atom. The minimum atomic E-state index is -0.210. The summed E-state index contributed by atoms with van der Waals surface area (Å²) in [7, 11) is 0. The summed E-state index contributed by atoms with van der Waals surface area (Å²) in [6.07, 6.45) is 1.52. The fourth-order valence-corrected chi connectivity index (χ4v) is 3.38. The van der Waals surface area contributed by atoms with Crippen LogP contribution in [0.1, 0.15) is 30.9 Å². The number of piperazine rings is 1. The lowest BCUT2D eigenvalue weighted by atomic mass is 10.0. The molecule has 0 saturated carbocycles. The van der Waals surface area contributed by atoms with Crippen molar-refractivity contribution in [2.45, 2.75) is 26.3 Å². The maximum absolute atomic E-state index is 12.7. The first-order valence-electron chi connectivity index (χ1n) is 10.1. The Morgan fingerprint density at radius 1 is 1.07 bits per heavy atom. The van der Waals surface area contributed by atoms with E-state index in [1.54, 1.807) is 4.90 Å². The molecule has 0 spiro atoms. The molecular formula is C24H28N4O. The van der Waals surface area contributed by atoms with Gasteiger partial charge in [-0.05, 0) is 29.2 Å². The van der Waals surface area contributed by atoms with Gasteiger partial charge in [0.25, 0.3) is 5.91 Å². The van der Waals surface area contributed by atoms with Crippen LogP contribution in [-0.2, 0) is 11.3 Å². The van der Waals surface area contributed by atoms with Crippen LogP contribution in [0.4, 0.5) is 5.69 Å². The summed E-state index contributed by atoms with van der Waals surface area (Å²) < 4.78 is 0. The fraction of sp³-hybridized carbons (Fsp3) is 0.333. The number of rotatable bonds is 6. The SMILES string of the molecule is CC(C)c1ccc(N/C=C(/C#N)C(=O)N2CCN(Cc3ccccc3)CC2)cc1. The highest BCUT2D eigenvalue weighted by molar-refractivity contribution is 5.97. The van der Waals surface area contributed by atoms with Gasteiger partial charge < -0.3 is 10.2 Å². The number of benzene rings is 2. The van der Waals surface area contributed by atoms with Crippen LogP contribution in [0.2, 0.25) is 0 Å². The largest absolute Gasteiger partial charge is 0.360 e. The van der Waals surface area contributed by atoms with Crippen LogP contribution in [0.15, 0.2) is 66.4 Å². The highest BCUT2D eigenvalue weighted by Crippen LogP contribution is 2.17. The van der Waals surface area contributed by atoms with Crippen molar-refractivity contribution in [2.75, 3.05) is 31.5 Å². The number of nitrogens with zero attached hydrogens (tertiary/aromatic N) is 3. The molecule has 1 heterocycles. The van der Waals surface area contributed by atoms with Crippen LogP contribution < -0.4 is 5.32 Å². The first-order chi connectivity index (χ1) is 14.1. The normalized spacial score (nSPS) is 15.2. The first kappa shape index (κ1) is 20.6. The van der Waals surface area contributed by atoms with E-state index in [9.17, 15) is 10.1 Å². The minimum Gasteiger partial charge on any atom is -0.360 e. The summed E-state index contributed by atoms with van der Waals surface area (Å²) in [5.41, 5.74) is 3.53. The Hall–Kier alpha value is -3.10. The minimum absolute atomic E-state index is 0.134. The highest BCUT2D eigenvalue weighted by atomic mass is 16.2. The van der Waals surface area contributed by atoms with Crippen molar-refractivity contribution >= 4 is 11.6 Å². The second kappa shape index (κ2) is 9.90. The third-order valence-corrected chi connectivity index (χ3v) is 5.22. The molecule has 0 aliphatic carbocycles. The van der Waals surface area contributed by atoms with Gasteiger partial charge in [-0.2, -0.15) is 5.26 Å². The second-order valence-electron chi connectivity index (χ2n) is 7.64. The third-order valence-electron chi connectivity index (χ3n) is 5.22. The zero-order valence-corrected chi connectivity index (χ0v) is 17.1. The lowest BCUT2D eigenvalue weighted by molar-refractivity contribution is -0.128. The van der Waals surface area contributed by atoms with E-state index in [1.165, 1.54) is 17.3 Å². The molecule has 1 aliphatic heterocycles. The number of amides is 1. The summed E-state index contributed by atoms with van der Waals surface area (Å²) >= 11 is 0. The Kier molecular flexibility index (Phi) is 7.04. The van der Waals surface area contributed by atoms with Crippen molar-refractivity contribution in [1.29, 1.82) is 5.26 Å².